The van der Waals surface area contributed by atoms with Crippen molar-refractivity contribution in [2.45, 2.75) is 66.5 Å². The topological polar surface area (TPSA) is 185 Å². The number of nitrogens with one attached hydrogen (secondary N) is 4. The largest absolute Gasteiger partial charge is 0.500 e. The first-order valence-electron chi connectivity index (χ1n) is 13.7. The molecule has 0 unspecified atom stereocenters. The molecule has 0 rings (SSSR count). The Kier molecular flexibility index (Phi) is 20.8. The second-order valence-corrected chi connectivity index (χ2v) is 13.4. The van der Waals surface area contributed by atoms with E-state index in [-0.39, 0.29) is 13.1 Å². The summed E-state index contributed by atoms with van der Waals surface area (Å²) in [5.74, 6) is 0. The Balaban J connectivity index is 4.89. The van der Waals surface area contributed by atoms with Crippen molar-refractivity contribution < 1.29 is 36.1 Å². The molecule has 0 aliphatic carbocycles. The minimum Gasteiger partial charge on any atom is -0.374 e. The van der Waals surface area contributed by atoms with Crippen LogP contribution >= 0.6 is 0 Å². The Hall–Kier alpha value is -2.55. The third kappa shape index (κ3) is 14.7. The summed E-state index contributed by atoms with van der Waals surface area (Å²) in [5.41, 5.74) is -0.792. The predicted molar refractivity (Wildman–Crippen MR) is 151 cm³/mol. The van der Waals surface area contributed by atoms with Gasteiger partial charge in [-0.3, -0.25) is 10.6 Å². The lowest BCUT2D eigenvalue weighted by molar-refractivity contribution is 0.0700. The summed E-state index contributed by atoms with van der Waals surface area (Å²) in [7, 11) is -5.67. The first-order chi connectivity index (χ1) is 19.2. The van der Waals surface area contributed by atoms with Crippen LogP contribution in [0.25, 0.3) is 0 Å². The van der Waals surface area contributed by atoms with Crippen LogP contribution in [0.15, 0.2) is 11.4 Å². The van der Waals surface area contributed by atoms with Gasteiger partial charge in [0.15, 0.2) is 11.4 Å². The average Bonchev–Trinajstić information content (AvgIpc) is 2.92. The molecule has 0 saturated carbocycles. The molecule has 0 atom stereocenters. The normalized spacial score (nSPS) is 12.1. The van der Waals surface area contributed by atoms with Crippen molar-refractivity contribution in [3.8, 4) is 12.1 Å². The van der Waals surface area contributed by atoms with Gasteiger partial charge in [-0.15, -0.1) is 0 Å². The number of carbonyl (C=O) groups excluding carboxylic acids is 2. The standard InChI is InChI=1S/C24H46N6O8Si2/c1-7-33-39(34-8-2,35-9-3)17-13-15-27-23(31)29-21(19-25)22(20-26)30-24(32)28-16-14-18-40(36-10-4,37-11-5)38-12-6/h7-18H2,1-6H3,(H2,27,29,31)(H2,28,30,32)/b22-21-. The van der Waals surface area contributed by atoms with Crippen LogP contribution in [0.1, 0.15) is 54.4 Å². The van der Waals surface area contributed by atoms with E-state index in [9.17, 15) is 20.1 Å². The molecule has 16 heteroatoms. The van der Waals surface area contributed by atoms with Crippen molar-refractivity contribution in [3.05, 3.63) is 11.4 Å². The van der Waals surface area contributed by atoms with E-state index in [2.05, 4.69) is 21.3 Å². The Bertz CT molecular complexity index is 763. The molecule has 0 aromatic carbocycles. The lowest BCUT2D eigenvalue weighted by Gasteiger charge is -2.28. The van der Waals surface area contributed by atoms with Crippen LogP contribution in [0, 0.1) is 22.7 Å². The second kappa shape index (κ2) is 22.2. The zero-order valence-electron chi connectivity index (χ0n) is 24.6. The number of carbonyl (C=O) groups is 2. The molecule has 0 radical (unpaired) electrons. The third-order valence-corrected chi connectivity index (χ3v) is 11.3. The lowest BCUT2D eigenvalue weighted by atomic mass is 10.3. The molecular weight excluding hydrogens is 556 g/mol. The molecule has 0 aliphatic heterocycles. The molecule has 14 nitrogen and oxygen atoms in total. The average molecular weight is 603 g/mol. The van der Waals surface area contributed by atoms with Crippen LogP contribution in [-0.4, -0.2) is 82.4 Å². The van der Waals surface area contributed by atoms with Gasteiger partial charge >= 0.3 is 29.7 Å². The molecule has 0 aromatic rings. The van der Waals surface area contributed by atoms with E-state index in [1.165, 1.54) is 0 Å². The highest BCUT2D eigenvalue weighted by molar-refractivity contribution is 6.61. The molecule has 40 heavy (non-hydrogen) atoms. The van der Waals surface area contributed by atoms with Crippen LogP contribution in [0.5, 0.6) is 0 Å². The lowest BCUT2D eigenvalue weighted by Crippen LogP contribution is -2.47. The van der Waals surface area contributed by atoms with Gasteiger partial charge < -0.3 is 37.2 Å². The van der Waals surface area contributed by atoms with Gasteiger partial charge in [0.05, 0.1) is 0 Å². The van der Waals surface area contributed by atoms with Gasteiger partial charge in [-0.1, -0.05) is 0 Å². The van der Waals surface area contributed by atoms with Gasteiger partial charge in [-0.2, -0.15) is 10.5 Å². The molecule has 0 aliphatic rings. The van der Waals surface area contributed by atoms with Crippen LogP contribution in [0.4, 0.5) is 9.59 Å². The van der Waals surface area contributed by atoms with Crippen molar-refractivity contribution in [2.75, 3.05) is 52.7 Å². The van der Waals surface area contributed by atoms with Crippen molar-refractivity contribution in [1.29, 1.82) is 10.5 Å². The number of rotatable bonds is 22. The van der Waals surface area contributed by atoms with E-state index in [1.807, 2.05) is 41.5 Å². The maximum Gasteiger partial charge on any atom is 0.500 e. The van der Waals surface area contributed by atoms with E-state index < -0.39 is 41.1 Å². The molecule has 0 bridgehead atoms. The van der Waals surface area contributed by atoms with Gasteiger partial charge in [0, 0.05) is 64.8 Å². The van der Waals surface area contributed by atoms with E-state index in [4.69, 9.17) is 26.6 Å². The van der Waals surface area contributed by atoms with Crippen LogP contribution < -0.4 is 21.3 Å². The SMILES string of the molecule is CCO[Si](CCCNC(=O)N/C(C#N)=C(/C#N)NC(=O)NCCC[Si](OCC)(OCC)OCC)(OCC)OCC. The second-order valence-electron chi connectivity index (χ2n) is 7.91. The Morgan fingerprint density at radius 3 is 1.07 bits per heavy atom. The maximum absolute atomic E-state index is 12.3. The number of urea groups is 2. The van der Waals surface area contributed by atoms with Gasteiger partial charge in [0.25, 0.3) is 0 Å². The number of nitrogens with zero attached hydrogens (tertiary/aromatic N) is 2. The number of hydrogen-bond donors (Lipinski definition) is 4. The summed E-state index contributed by atoms with van der Waals surface area (Å²) in [6.45, 7) is 14.4. The Labute approximate surface area is 240 Å². The van der Waals surface area contributed by atoms with Crippen molar-refractivity contribution in [3.63, 3.8) is 0 Å². The highest BCUT2D eigenvalue weighted by atomic mass is 28.4. The highest BCUT2D eigenvalue weighted by Crippen LogP contribution is 2.18. The fourth-order valence-corrected chi connectivity index (χ4v) is 8.85. The van der Waals surface area contributed by atoms with E-state index in [0.717, 1.165) is 0 Å². The zero-order valence-corrected chi connectivity index (χ0v) is 26.6. The van der Waals surface area contributed by atoms with Crippen molar-refractivity contribution >= 4 is 29.7 Å². The van der Waals surface area contributed by atoms with Crippen molar-refractivity contribution in [1.82, 2.24) is 21.3 Å². The molecule has 0 aromatic heterocycles. The summed E-state index contributed by atoms with van der Waals surface area (Å²) in [4.78, 5) is 24.7. The van der Waals surface area contributed by atoms with E-state index in [0.29, 0.717) is 64.6 Å². The number of allylic oxidation sites excluding steroid dienone is 2. The minimum absolute atomic E-state index is 0.248. The molecule has 0 heterocycles. The summed E-state index contributed by atoms with van der Waals surface area (Å²) < 4.78 is 34.7. The summed E-state index contributed by atoms with van der Waals surface area (Å²) in [5, 5.41) is 28.7. The zero-order chi connectivity index (χ0) is 30.3. The number of hydrogen-bond acceptors (Lipinski definition) is 10. The number of nitriles is 2. The van der Waals surface area contributed by atoms with Crippen molar-refractivity contribution in [2.24, 2.45) is 0 Å². The van der Waals surface area contributed by atoms with Gasteiger partial charge in [0.2, 0.25) is 0 Å². The third-order valence-electron chi connectivity index (χ3n) is 5.03. The van der Waals surface area contributed by atoms with Crippen LogP contribution in [0.3, 0.4) is 0 Å². The van der Waals surface area contributed by atoms with Gasteiger partial charge in [0.1, 0.15) is 12.1 Å². The Morgan fingerprint density at radius 1 is 0.575 bits per heavy atom. The predicted octanol–water partition coefficient (Wildman–Crippen LogP) is 2.72. The quantitative estimate of drug-likeness (QED) is 0.0816. The first kappa shape index (κ1) is 37.5. The summed E-state index contributed by atoms with van der Waals surface area (Å²) in [6.07, 6.45) is 1.02. The number of amides is 4. The summed E-state index contributed by atoms with van der Waals surface area (Å²) in [6, 6.07) is 3.05. The van der Waals surface area contributed by atoms with Crippen LogP contribution in [0.2, 0.25) is 12.1 Å². The van der Waals surface area contributed by atoms with E-state index in [1.54, 1.807) is 12.1 Å². The molecule has 228 valence electrons. The Morgan fingerprint density at radius 2 is 0.850 bits per heavy atom. The molecule has 4 N–H and O–H groups in total. The first-order valence-corrected chi connectivity index (χ1v) is 17.6. The maximum atomic E-state index is 12.3. The molecule has 0 saturated heterocycles. The van der Waals surface area contributed by atoms with Gasteiger partial charge in [-0.05, 0) is 54.4 Å². The fraction of sp³-hybridized carbons (Fsp3) is 0.750. The minimum atomic E-state index is -2.84. The molecule has 0 spiro atoms. The smallest absolute Gasteiger partial charge is 0.374 e. The monoisotopic (exact) mass is 602 g/mol. The summed E-state index contributed by atoms with van der Waals surface area (Å²) >= 11 is 0. The van der Waals surface area contributed by atoms with Crippen LogP contribution in [-0.2, 0) is 26.6 Å². The molecular formula is C24H46N6O8Si2. The van der Waals surface area contributed by atoms with Gasteiger partial charge in [-0.25, -0.2) is 9.59 Å². The molecule has 0 fully saturated rings. The fourth-order valence-electron chi connectivity index (χ4n) is 3.62. The molecule has 4 amide bonds. The highest BCUT2D eigenvalue weighted by Gasteiger charge is 2.40. The van der Waals surface area contributed by atoms with E-state index >= 15 is 0 Å².